The first-order chi connectivity index (χ1) is 12.2. The first kappa shape index (κ1) is 21.1. The van der Waals surface area contributed by atoms with Crippen LogP contribution in [0.2, 0.25) is 10.0 Å². The fraction of sp³-hybridized carbons (Fsp3) is 0.278. The minimum atomic E-state index is -3.22. The van der Waals surface area contributed by atoms with Gasteiger partial charge >= 0.3 is 0 Å². The van der Waals surface area contributed by atoms with Crippen LogP contribution in [0.15, 0.2) is 47.4 Å². The van der Waals surface area contributed by atoms with E-state index in [1.807, 2.05) is 13.0 Å². The predicted molar refractivity (Wildman–Crippen MR) is 109 cm³/mol. The van der Waals surface area contributed by atoms with Crippen molar-refractivity contribution in [3.8, 4) is 0 Å². The molecule has 0 fully saturated rings. The van der Waals surface area contributed by atoms with Gasteiger partial charge in [-0.2, -0.15) is 0 Å². The number of hydrogen-bond donors (Lipinski definition) is 1. The number of carbonyl (C=O) groups excluding carboxylic acids is 1. The quantitative estimate of drug-likeness (QED) is 0.700. The van der Waals surface area contributed by atoms with E-state index in [2.05, 4.69) is 5.32 Å². The highest BCUT2D eigenvalue weighted by Gasteiger charge is 2.12. The summed E-state index contributed by atoms with van der Waals surface area (Å²) in [7, 11) is -3.22. The Balaban J connectivity index is 1.84. The lowest BCUT2D eigenvalue weighted by Gasteiger charge is -2.14. The summed E-state index contributed by atoms with van der Waals surface area (Å²) < 4.78 is 23.0. The summed E-state index contributed by atoms with van der Waals surface area (Å²) in [5, 5.41) is 3.91. The lowest BCUT2D eigenvalue weighted by Crippen LogP contribution is -2.28. The molecule has 0 aliphatic carbocycles. The molecule has 0 bridgehead atoms. The summed E-state index contributed by atoms with van der Waals surface area (Å²) >= 11 is 13.3. The number of carbonyl (C=O) groups is 1. The summed E-state index contributed by atoms with van der Waals surface area (Å²) in [6, 6.07) is 11.7. The summed E-state index contributed by atoms with van der Waals surface area (Å²) in [6.07, 6.45) is 1.16. The molecule has 1 atom stereocenters. The summed E-state index contributed by atoms with van der Waals surface area (Å²) in [5.41, 5.74) is 1.85. The van der Waals surface area contributed by atoms with E-state index >= 15 is 0 Å². The van der Waals surface area contributed by atoms with Crippen LogP contribution in [0.1, 0.15) is 24.1 Å². The SMILES string of the molecule is CC(NC(=O)CSCc1ccc(Cl)c(Cl)c1)c1ccc(S(C)(=O)=O)cc1. The third-order valence-electron chi connectivity index (χ3n) is 3.67. The zero-order valence-electron chi connectivity index (χ0n) is 14.3. The fourth-order valence-corrected chi connectivity index (χ4v) is 4.00. The molecule has 8 heteroatoms. The van der Waals surface area contributed by atoms with Gasteiger partial charge < -0.3 is 5.32 Å². The van der Waals surface area contributed by atoms with E-state index < -0.39 is 9.84 Å². The Morgan fingerprint density at radius 1 is 1.12 bits per heavy atom. The van der Waals surface area contributed by atoms with E-state index in [9.17, 15) is 13.2 Å². The van der Waals surface area contributed by atoms with Crippen LogP contribution in [0.25, 0.3) is 0 Å². The Labute approximate surface area is 168 Å². The largest absolute Gasteiger partial charge is 0.349 e. The number of amides is 1. The van der Waals surface area contributed by atoms with Crippen LogP contribution in [0.5, 0.6) is 0 Å². The normalized spacial score (nSPS) is 12.6. The molecule has 0 spiro atoms. The van der Waals surface area contributed by atoms with Crippen LogP contribution in [-0.2, 0) is 20.4 Å². The van der Waals surface area contributed by atoms with E-state index in [1.165, 1.54) is 11.8 Å². The lowest BCUT2D eigenvalue weighted by molar-refractivity contribution is -0.119. The standard InChI is InChI=1S/C18H19Cl2NO3S2/c1-12(14-4-6-15(7-5-14)26(2,23)24)21-18(22)11-25-10-13-3-8-16(19)17(20)9-13/h3-9,12H,10-11H2,1-2H3,(H,21,22). The van der Waals surface area contributed by atoms with Crippen LogP contribution >= 0.6 is 35.0 Å². The van der Waals surface area contributed by atoms with Crippen molar-refractivity contribution in [1.82, 2.24) is 5.32 Å². The number of rotatable bonds is 7. The Hall–Kier alpha value is -1.21. The van der Waals surface area contributed by atoms with Gasteiger partial charge in [-0.05, 0) is 42.3 Å². The molecule has 1 unspecified atom stereocenters. The molecule has 140 valence electrons. The number of benzene rings is 2. The monoisotopic (exact) mass is 431 g/mol. The van der Waals surface area contributed by atoms with Gasteiger partial charge in [0.1, 0.15) is 0 Å². The number of hydrogen-bond acceptors (Lipinski definition) is 4. The van der Waals surface area contributed by atoms with Crippen molar-refractivity contribution in [2.75, 3.05) is 12.0 Å². The molecular weight excluding hydrogens is 413 g/mol. The van der Waals surface area contributed by atoms with Gasteiger partial charge in [-0.1, -0.05) is 41.4 Å². The maximum atomic E-state index is 12.1. The maximum absolute atomic E-state index is 12.1. The second-order valence-corrected chi connectivity index (χ2v) is 9.69. The van der Waals surface area contributed by atoms with Gasteiger partial charge in [0.25, 0.3) is 0 Å². The zero-order valence-corrected chi connectivity index (χ0v) is 17.5. The molecule has 0 saturated carbocycles. The molecule has 4 nitrogen and oxygen atoms in total. The van der Waals surface area contributed by atoms with Crippen molar-refractivity contribution in [3.05, 3.63) is 63.6 Å². The molecule has 0 radical (unpaired) electrons. The third kappa shape index (κ3) is 6.20. The molecule has 1 amide bonds. The van der Waals surface area contributed by atoms with E-state index in [-0.39, 0.29) is 16.8 Å². The highest BCUT2D eigenvalue weighted by molar-refractivity contribution is 7.99. The summed E-state index contributed by atoms with van der Waals surface area (Å²) in [5.74, 6) is 0.878. The van der Waals surface area contributed by atoms with Gasteiger partial charge in [-0.25, -0.2) is 8.42 Å². The molecule has 1 N–H and O–H groups in total. The van der Waals surface area contributed by atoms with Gasteiger partial charge in [0.2, 0.25) is 5.91 Å². The van der Waals surface area contributed by atoms with Crippen molar-refractivity contribution in [3.63, 3.8) is 0 Å². The van der Waals surface area contributed by atoms with Crippen LogP contribution in [0, 0.1) is 0 Å². The fourth-order valence-electron chi connectivity index (χ4n) is 2.26. The molecule has 2 rings (SSSR count). The number of thioether (sulfide) groups is 1. The Kier molecular flexibility index (Phi) is 7.41. The zero-order chi connectivity index (χ0) is 19.3. The van der Waals surface area contributed by atoms with E-state index in [4.69, 9.17) is 23.2 Å². The highest BCUT2D eigenvalue weighted by atomic mass is 35.5. The second kappa shape index (κ2) is 9.13. The van der Waals surface area contributed by atoms with Crippen LogP contribution in [0.4, 0.5) is 0 Å². The van der Waals surface area contributed by atoms with Crippen molar-refractivity contribution in [1.29, 1.82) is 0 Å². The minimum Gasteiger partial charge on any atom is -0.349 e. The topological polar surface area (TPSA) is 63.2 Å². The third-order valence-corrected chi connectivity index (χ3v) is 6.54. The molecule has 2 aromatic carbocycles. The average Bonchev–Trinajstić information content (AvgIpc) is 2.57. The van der Waals surface area contributed by atoms with Gasteiger partial charge in [0.15, 0.2) is 9.84 Å². The minimum absolute atomic E-state index is 0.0882. The molecular formula is C18H19Cl2NO3S2. The molecule has 26 heavy (non-hydrogen) atoms. The molecule has 0 heterocycles. The molecule has 0 aliphatic heterocycles. The van der Waals surface area contributed by atoms with Crippen molar-refractivity contribution >= 4 is 50.7 Å². The Morgan fingerprint density at radius 2 is 1.77 bits per heavy atom. The van der Waals surface area contributed by atoms with E-state index in [0.29, 0.717) is 21.6 Å². The molecule has 2 aromatic rings. The molecule has 0 aromatic heterocycles. The van der Waals surface area contributed by atoms with E-state index in [1.54, 1.807) is 36.4 Å². The van der Waals surface area contributed by atoms with Gasteiger partial charge in [-0.15, -0.1) is 11.8 Å². The van der Waals surface area contributed by atoms with E-state index in [0.717, 1.165) is 17.4 Å². The van der Waals surface area contributed by atoms with Crippen LogP contribution in [0.3, 0.4) is 0 Å². The van der Waals surface area contributed by atoms with Crippen LogP contribution < -0.4 is 5.32 Å². The number of sulfone groups is 1. The number of halogens is 2. The summed E-state index contributed by atoms with van der Waals surface area (Å²) in [6.45, 7) is 1.86. The molecule has 0 saturated heterocycles. The smallest absolute Gasteiger partial charge is 0.230 e. The van der Waals surface area contributed by atoms with Gasteiger partial charge in [-0.3, -0.25) is 4.79 Å². The van der Waals surface area contributed by atoms with Crippen molar-refractivity contribution in [2.24, 2.45) is 0 Å². The van der Waals surface area contributed by atoms with Gasteiger partial charge in [0, 0.05) is 12.0 Å². The number of nitrogens with one attached hydrogen (secondary N) is 1. The first-order valence-corrected chi connectivity index (χ1v) is 11.6. The highest BCUT2D eigenvalue weighted by Crippen LogP contribution is 2.24. The van der Waals surface area contributed by atoms with Crippen molar-refractivity contribution in [2.45, 2.75) is 23.6 Å². The first-order valence-electron chi connectivity index (χ1n) is 7.78. The second-order valence-electron chi connectivity index (χ2n) is 5.87. The van der Waals surface area contributed by atoms with Crippen molar-refractivity contribution < 1.29 is 13.2 Å². The lowest BCUT2D eigenvalue weighted by atomic mass is 10.1. The van der Waals surface area contributed by atoms with Crippen LogP contribution in [-0.4, -0.2) is 26.3 Å². The summed E-state index contributed by atoms with van der Waals surface area (Å²) in [4.78, 5) is 12.4. The van der Waals surface area contributed by atoms with Gasteiger partial charge in [0.05, 0.1) is 26.7 Å². The average molecular weight is 432 g/mol. The molecule has 0 aliphatic rings. The Bertz CT molecular complexity index is 884. The Morgan fingerprint density at radius 3 is 2.35 bits per heavy atom. The predicted octanol–water partition coefficient (Wildman–Crippen LogP) is 4.51. The maximum Gasteiger partial charge on any atom is 0.230 e.